The SMILES string of the molecule is CC(C)NC(=O)CCSc1cccc(C(C)N)c1. The number of amides is 1. The highest BCUT2D eigenvalue weighted by molar-refractivity contribution is 7.99. The van der Waals surface area contributed by atoms with Crippen molar-refractivity contribution in [2.45, 2.75) is 44.2 Å². The van der Waals surface area contributed by atoms with Crippen molar-refractivity contribution in [1.82, 2.24) is 5.32 Å². The van der Waals surface area contributed by atoms with E-state index in [1.807, 2.05) is 32.9 Å². The quantitative estimate of drug-likeness (QED) is 0.778. The average Bonchev–Trinajstić information content (AvgIpc) is 2.28. The molecule has 1 aromatic rings. The standard InChI is InChI=1S/C14H22N2OS/c1-10(2)16-14(17)7-8-18-13-6-4-5-12(9-13)11(3)15/h4-6,9-11H,7-8,15H2,1-3H3,(H,16,17). The fraction of sp³-hybridized carbons (Fsp3) is 0.500. The van der Waals surface area contributed by atoms with Gasteiger partial charge in [-0.2, -0.15) is 0 Å². The molecule has 0 aliphatic heterocycles. The minimum absolute atomic E-state index is 0.0507. The molecule has 0 fully saturated rings. The molecule has 18 heavy (non-hydrogen) atoms. The average molecular weight is 266 g/mol. The van der Waals surface area contributed by atoms with E-state index in [2.05, 4.69) is 17.4 Å². The summed E-state index contributed by atoms with van der Waals surface area (Å²) in [6, 6.07) is 8.45. The Hall–Kier alpha value is -1.00. The number of carbonyl (C=O) groups is 1. The van der Waals surface area contributed by atoms with Gasteiger partial charge >= 0.3 is 0 Å². The Balaban J connectivity index is 2.39. The Kier molecular flexibility index (Phi) is 6.22. The van der Waals surface area contributed by atoms with E-state index in [4.69, 9.17) is 5.73 Å². The molecule has 0 aliphatic rings. The molecule has 4 heteroatoms. The lowest BCUT2D eigenvalue weighted by Gasteiger charge is -2.09. The molecule has 1 atom stereocenters. The summed E-state index contributed by atoms with van der Waals surface area (Å²) >= 11 is 1.69. The first-order valence-electron chi connectivity index (χ1n) is 6.26. The topological polar surface area (TPSA) is 55.1 Å². The molecular weight excluding hydrogens is 244 g/mol. The Morgan fingerprint density at radius 1 is 1.39 bits per heavy atom. The molecule has 0 spiro atoms. The van der Waals surface area contributed by atoms with Crippen LogP contribution in [0.15, 0.2) is 29.2 Å². The molecule has 3 N–H and O–H groups in total. The van der Waals surface area contributed by atoms with Crippen LogP contribution in [-0.2, 0) is 4.79 Å². The van der Waals surface area contributed by atoms with E-state index in [0.29, 0.717) is 6.42 Å². The lowest BCUT2D eigenvalue weighted by atomic mass is 10.1. The largest absolute Gasteiger partial charge is 0.354 e. The summed E-state index contributed by atoms with van der Waals surface area (Å²) in [5.41, 5.74) is 6.97. The fourth-order valence-electron chi connectivity index (χ4n) is 1.54. The van der Waals surface area contributed by atoms with Gasteiger partial charge in [0.15, 0.2) is 0 Å². The van der Waals surface area contributed by atoms with Gasteiger partial charge < -0.3 is 11.1 Å². The number of carbonyl (C=O) groups excluding carboxylic acids is 1. The Labute approximate surface area is 114 Å². The highest BCUT2D eigenvalue weighted by Gasteiger charge is 2.04. The molecule has 0 heterocycles. The molecule has 0 saturated heterocycles. The lowest BCUT2D eigenvalue weighted by molar-refractivity contribution is -0.121. The highest BCUT2D eigenvalue weighted by atomic mass is 32.2. The second-order valence-electron chi connectivity index (χ2n) is 4.68. The fourth-order valence-corrected chi connectivity index (χ4v) is 2.46. The second kappa shape index (κ2) is 7.44. The third-order valence-electron chi connectivity index (χ3n) is 2.43. The Bertz CT molecular complexity index is 391. The van der Waals surface area contributed by atoms with E-state index in [9.17, 15) is 4.79 Å². The van der Waals surface area contributed by atoms with E-state index in [1.54, 1.807) is 11.8 Å². The first-order valence-corrected chi connectivity index (χ1v) is 7.25. The van der Waals surface area contributed by atoms with Crippen molar-refractivity contribution < 1.29 is 4.79 Å². The van der Waals surface area contributed by atoms with Crippen LogP contribution in [0, 0.1) is 0 Å². The molecule has 1 aromatic carbocycles. The first kappa shape index (κ1) is 15.1. The van der Waals surface area contributed by atoms with E-state index in [0.717, 1.165) is 11.3 Å². The van der Waals surface area contributed by atoms with E-state index in [-0.39, 0.29) is 18.0 Å². The molecule has 0 radical (unpaired) electrons. The van der Waals surface area contributed by atoms with Crippen LogP contribution in [0.25, 0.3) is 0 Å². The van der Waals surface area contributed by atoms with Gasteiger partial charge in [0.25, 0.3) is 0 Å². The zero-order valence-corrected chi connectivity index (χ0v) is 12.1. The molecule has 0 aliphatic carbocycles. The summed E-state index contributed by atoms with van der Waals surface area (Å²) < 4.78 is 0. The Morgan fingerprint density at radius 3 is 2.72 bits per heavy atom. The van der Waals surface area contributed by atoms with E-state index >= 15 is 0 Å². The molecule has 3 nitrogen and oxygen atoms in total. The van der Waals surface area contributed by atoms with E-state index < -0.39 is 0 Å². The van der Waals surface area contributed by atoms with Crippen molar-refractivity contribution in [1.29, 1.82) is 0 Å². The number of nitrogens with one attached hydrogen (secondary N) is 1. The van der Waals surface area contributed by atoms with Crippen LogP contribution in [0.1, 0.15) is 38.8 Å². The van der Waals surface area contributed by atoms with Gasteiger partial charge in [0.2, 0.25) is 5.91 Å². The van der Waals surface area contributed by atoms with E-state index in [1.165, 1.54) is 4.90 Å². The predicted molar refractivity (Wildman–Crippen MR) is 77.7 cm³/mol. The molecule has 0 bridgehead atoms. The number of nitrogens with two attached hydrogens (primary N) is 1. The molecule has 0 saturated carbocycles. The van der Waals surface area contributed by atoms with Crippen LogP contribution in [0.3, 0.4) is 0 Å². The summed E-state index contributed by atoms with van der Waals surface area (Å²) in [6.45, 7) is 5.91. The van der Waals surface area contributed by atoms with Crippen molar-refractivity contribution in [3.8, 4) is 0 Å². The van der Waals surface area contributed by atoms with Crippen molar-refractivity contribution in [2.75, 3.05) is 5.75 Å². The first-order chi connectivity index (χ1) is 8.49. The maximum absolute atomic E-state index is 11.5. The van der Waals surface area contributed by atoms with Crippen LogP contribution in [0.2, 0.25) is 0 Å². The number of hydrogen-bond acceptors (Lipinski definition) is 3. The number of thioether (sulfide) groups is 1. The summed E-state index contributed by atoms with van der Waals surface area (Å²) in [7, 11) is 0. The van der Waals surface area contributed by atoms with Crippen LogP contribution in [-0.4, -0.2) is 17.7 Å². The van der Waals surface area contributed by atoms with Crippen molar-refractivity contribution >= 4 is 17.7 Å². The van der Waals surface area contributed by atoms with Gasteiger partial charge in [-0.15, -0.1) is 11.8 Å². The molecule has 100 valence electrons. The number of benzene rings is 1. The van der Waals surface area contributed by atoms with Gasteiger partial charge in [0.05, 0.1) is 0 Å². The predicted octanol–water partition coefficient (Wildman–Crippen LogP) is 2.71. The number of rotatable bonds is 6. The van der Waals surface area contributed by atoms with Gasteiger partial charge in [-0.1, -0.05) is 12.1 Å². The molecule has 0 aromatic heterocycles. The van der Waals surface area contributed by atoms with Crippen molar-refractivity contribution in [3.63, 3.8) is 0 Å². The van der Waals surface area contributed by atoms with Gasteiger partial charge in [-0.05, 0) is 38.5 Å². The summed E-state index contributed by atoms with van der Waals surface area (Å²) in [5, 5.41) is 2.89. The monoisotopic (exact) mass is 266 g/mol. The third kappa shape index (κ3) is 5.56. The van der Waals surface area contributed by atoms with Gasteiger partial charge in [-0.25, -0.2) is 0 Å². The van der Waals surface area contributed by atoms with Crippen molar-refractivity contribution in [2.24, 2.45) is 5.73 Å². The summed E-state index contributed by atoms with van der Waals surface area (Å²) in [6.07, 6.45) is 0.547. The van der Waals surface area contributed by atoms with Crippen molar-refractivity contribution in [3.05, 3.63) is 29.8 Å². The zero-order chi connectivity index (χ0) is 13.5. The smallest absolute Gasteiger partial charge is 0.221 e. The highest BCUT2D eigenvalue weighted by Crippen LogP contribution is 2.22. The maximum Gasteiger partial charge on any atom is 0.221 e. The minimum Gasteiger partial charge on any atom is -0.354 e. The maximum atomic E-state index is 11.5. The molecule has 1 rings (SSSR count). The normalized spacial score (nSPS) is 12.5. The number of hydrogen-bond donors (Lipinski definition) is 2. The van der Waals surface area contributed by atoms with Crippen LogP contribution < -0.4 is 11.1 Å². The van der Waals surface area contributed by atoms with Crippen LogP contribution >= 0.6 is 11.8 Å². The second-order valence-corrected chi connectivity index (χ2v) is 5.85. The van der Waals surface area contributed by atoms with Crippen LogP contribution in [0.5, 0.6) is 0 Å². The van der Waals surface area contributed by atoms with Gasteiger partial charge in [-0.3, -0.25) is 4.79 Å². The third-order valence-corrected chi connectivity index (χ3v) is 3.43. The lowest BCUT2D eigenvalue weighted by Crippen LogP contribution is -2.30. The molecule has 1 unspecified atom stereocenters. The summed E-state index contributed by atoms with van der Waals surface area (Å²) in [4.78, 5) is 12.6. The van der Waals surface area contributed by atoms with Crippen LogP contribution in [0.4, 0.5) is 0 Å². The molecular formula is C14H22N2OS. The van der Waals surface area contributed by atoms with Gasteiger partial charge in [0.1, 0.15) is 0 Å². The summed E-state index contributed by atoms with van der Waals surface area (Å²) in [5.74, 6) is 0.905. The minimum atomic E-state index is 0.0507. The molecule has 1 amide bonds. The van der Waals surface area contributed by atoms with Gasteiger partial charge in [0, 0.05) is 29.2 Å². The Morgan fingerprint density at radius 2 is 2.11 bits per heavy atom. The zero-order valence-electron chi connectivity index (χ0n) is 11.3.